The van der Waals surface area contributed by atoms with Crippen LogP contribution in [0.5, 0.6) is 0 Å². The van der Waals surface area contributed by atoms with E-state index in [0.29, 0.717) is 21.7 Å². The van der Waals surface area contributed by atoms with Crippen LogP contribution in [0.3, 0.4) is 0 Å². The number of carbonyl (C=O) groups excluding carboxylic acids is 1. The average molecular weight is 415 g/mol. The standard InChI is InChI=1S/C22H17N5O2S/c28-20(26-24-14-16-10-12-23-13-11-16)15-30-22-25-19-9-5-4-8-18(19)21(29)27(22)17-6-2-1-3-7-17/h1-14H,15H2,(H,26,28). The molecule has 2 aromatic heterocycles. The number of benzene rings is 2. The van der Waals surface area contributed by atoms with E-state index in [-0.39, 0.29) is 17.2 Å². The van der Waals surface area contributed by atoms with E-state index in [4.69, 9.17) is 0 Å². The molecule has 0 saturated heterocycles. The Balaban J connectivity index is 1.57. The molecule has 0 fully saturated rings. The molecular formula is C22H17N5O2S. The van der Waals surface area contributed by atoms with Gasteiger partial charge in [-0.25, -0.2) is 10.4 Å². The Morgan fingerprint density at radius 1 is 1.03 bits per heavy atom. The zero-order valence-corrected chi connectivity index (χ0v) is 16.6. The highest BCUT2D eigenvalue weighted by Crippen LogP contribution is 2.21. The van der Waals surface area contributed by atoms with E-state index in [0.717, 1.165) is 5.56 Å². The zero-order valence-electron chi connectivity index (χ0n) is 15.8. The Kier molecular flexibility index (Phi) is 5.95. The van der Waals surface area contributed by atoms with Gasteiger partial charge in [0, 0.05) is 12.4 Å². The van der Waals surface area contributed by atoms with Crippen LogP contribution in [-0.2, 0) is 4.79 Å². The summed E-state index contributed by atoms with van der Waals surface area (Å²) in [6, 6.07) is 20.0. The van der Waals surface area contributed by atoms with Crippen LogP contribution in [0.4, 0.5) is 0 Å². The topological polar surface area (TPSA) is 89.2 Å². The lowest BCUT2D eigenvalue weighted by Gasteiger charge is -2.12. The van der Waals surface area contributed by atoms with Crippen molar-refractivity contribution in [1.82, 2.24) is 20.0 Å². The number of rotatable bonds is 6. The summed E-state index contributed by atoms with van der Waals surface area (Å²) in [6.07, 6.45) is 4.83. The van der Waals surface area contributed by atoms with Gasteiger partial charge in [-0.1, -0.05) is 42.1 Å². The molecule has 8 heteroatoms. The molecule has 1 amide bonds. The number of hydrogen-bond donors (Lipinski definition) is 1. The van der Waals surface area contributed by atoms with E-state index >= 15 is 0 Å². The number of carbonyl (C=O) groups is 1. The third-order valence-electron chi connectivity index (χ3n) is 4.20. The maximum absolute atomic E-state index is 13.1. The summed E-state index contributed by atoms with van der Waals surface area (Å²) in [6.45, 7) is 0. The summed E-state index contributed by atoms with van der Waals surface area (Å²) in [4.78, 5) is 33.9. The van der Waals surface area contributed by atoms with Gasteiger partial charge in [0.2, 0.25) is 0 Å². The van der Waals surface area contributed by atoms with Crippen molar-refractivity contribution < 1.29 is 4.79 Å². The highest BCUT2D eigenvalue weighted by atomic mass is 32.2. The normalized spacial score (nSPS) is 11.1. The van der Waals surface area contributed by atoms with Crippen LogP contribution >= 0.6 is 11.8 Å². The quantitative estimate of drug-likeness (QED) is 0.226. The number of para-hydroxylation sites is 2. The van der Waals surface area contributed by atoms with Gasteiger partial charge in [-0.2, -0.15) is 5.10 Å². The highest BCUT2D eigenvalue weighted by molar-refractivity contribution is 7.99. The number of amides is 1. The monoisotopic (exact) mass is 415 g/mol. The van der Waals surface area contributed by atoms with Crippen molar-refractivity contribution in [2.24, 2.45) is 5.10 Å². The lowest BCUT2D eigenvalue weighted by atomic mass is 10.2. The molecule has 30 heavy (non-hydrogen) atoms. The van der Waals surface area contributed by atoms with Gasteiger partial charge in [0.15, 0.2) is 5.16 Å². The van der Waals surface area contributed by atoms with Gasteiger partial charge in [-0.15, -0.1) is 0 Å². The predicted molar refractivity (Wildman–Crippen MR) is 118 cm³/mol. The van der Waals surface area contributed by atoms with E-state index in [2.05, 4.69) is 20.5 Å². The van der Waals surface area contributed by atoms with Gasteiger partial charge in [0.1, 0.15) is 0 Å². The average Bonchev–Trinajstić information content (AvgIpc) is 2.79. The number of pyridine rings is 1. The number of nitrogens with zero attached hydrogens (tertiary/aromatic N) is 4. The summed E-state index contributed by atoms with van der Waals surface area (Å²) in [7, 11) is 0. The van der Waals surface area contributed by atoms with Gasteiger partial charge >= 0.3 is 0 Å². The number of hydrazone groups is 1. The number of thioether (sulfide) groups is 1. The van der Waals surface area contributed by atoms with Crippen LogP contribution in [0.2, 0.25) is 0 Å². The molecule has 0 bridgehead atoms. The third kappa shape index (κ3) is 4.44. The second-order valence-corrected chi connectivity index (χ2v) is 7.19. The van der Waals surface area contributed by atoms with Crippen LogP contribution in [0.25, 0.3) is 16.6 Å². The lowest BCUT2D eigenvalue weighted by molar-refractivity contribution is -0.118. The molecule has 148 valence electrons. The molecular weight excluding hydrogens is 398 g/mol. The van der Waals surface area contributed by atoms with Crippen molar-refractivity contribution in [2.45, 2.75) is 5.16 Å². The molecule has 7 nitrogen and oxygen atoms in total. The molecule has 0 aliphatic carbocycles. The molecule has 0 saturated carbocycles. The fourth-order valence-corrected chi connectivity index (χ4v) is 3.61. The first-order valence-corrected chi connectivity index (χ1v) is 10.1. The molecule has 0 unspecified atom stereocenters. The number of nitrogens with one attached hydrogen (secondary N) is 1. The summed E-state index contributed by atoms with van der Waals surface area (Å²) in [5, 5.41) is 4.92. The molecule has 0 radical (unpaired) electrons. The molecule has 4 aromatic rings. The number of aromatic nitrogens is 3. The molecule has 2 heterocycles. The fraction of sp³-hybridized carbons (Fsp3) is 0.0455. The van der Waals surface area contributed by atoms with E-state index < -0.39 is 0 Å². The second-order valence-electron chi connectivity index (χ2n) is 6.25. The first kappa shape index (κ1) is 19.5. The maximum atomic E-state index is 13.1. The predicted octanol–water partition coefficient (Wildman–Crippen LogP) is 3.02. The van der Waals surface area contributed by atoms with E-state index in [1.54, 1.807) is 42.9 Å². The van der Waals surface area contributed by atoms with E-state index in [1.165, 1.54) is 16.3 Å². The largest absolute Gasteiger partial charge is 0.272 e. The minimum atomic E-state index is -0.299. The molecule has 4 rings (SSSR count). The van der Waals surface area contributed by atoms with Crippen LogP contribution in [0.15, 0.2) is 94.2 Å². The zero-order chi connectivity index (χ0) is 20.8. The first-order valence-electron chi connectivity index (χ1n) is 9.14. The Bertz CT molecular complexity index is 1260. The highest BCUT2D eigenvalue weighted by Gasteiger charge is 2.14. The molecule has 0 aliphatic heterocycles. The van der Waals surface area contributed by atoms with Gasteiger partial charge in [-0.3, -0.25) is 19.1 Å². The molecule has 2 aromatic carbocycles. The van der Waals surface area contributed by atoms with Crippen LogP contribution in [0.1, 0.15) is 5.56 Å². The van der Waals surface area contributed by atoms with Crippen molar-refractivity contribution in [3.63, 3.8) is 0 Å². The summed E-state index contributed by atoms with van der Waals surface area (Å²) >= 11 is 1.18. The fourth-order valence-electron chi connectivity index (χ4n) is 2.80. The SMILES string of the molecule is O=C(CSc1nc2ccccc2c(=O)n1-c1ccccc1)NN=Cc1ccncc1. The van der Waals surface area contributed by atoms with Gasteiger partial charge < -0.3 is 0 Å². The minimum absolute atomic E-state index is 0.0608. The maximum Gasteiger partial charge on any atom is 0.266 e. The smallest absolute Gasteiger partial charge is 0.266 e. The van der Waals surface area contributed by atoms with Crippen molar-refractivity contribution in [2.75, 3.05) is 5.75 Å². The van der Waals surface area contributed by atoms with Crippen molar-refractivity contribution in [1.29, 1.82) is 0 Å². The van der Waals surface area contributed by atoms with Crippen molar-refractivity contribution in [3.05, 3.63) is 95.0 Å². The van der Waals surface area contributed by atoms with E-state index in [1.807, 2.05) is 42.5 Å². The Labute approximate surface area is 176 Å². The third-order valence-corrected chi connectivity index (χ3v) is 5.14. The van der Waals surface area contributed by atoms with Crippen LogP contribution in [-0.4, -0.2) is 32.4 Å². The summed E-state index contributed by atoms with van der Waals surface area (Å²) in [5.74, 6) is -0.238. The summed E-state index contributed by atoms with van der Waals surface area (Å²) in [5.41, 5.74) is 4.42. The first-order chi connectivity index (χ1) is 14.7. The van der Waals surface area contributed by atoms with Crippen LogP contribution in [0, 0.1) is 0 Å². The number of fused-ring (bicyclic) bond motifs is 1. The molecule has 0 aliphatic rings. The van der Waals surface area contributed by atoms with Gasteiger partial charge in [-0.05, 0) is 42.0 Å². The van der Waals surface area contributed by atoms with Gasteiger partial charge in [0.05, 0.1) is 28.6 Å². The van der Waals surface area contributed by atoms with Crippen molar-refractivity contribution in [3.8, 4) is 5.69 Å². The van der Waals surface area contributed by atoms with E-state index in [9.17, 15) is 9.59 Å². The molecule has 1 N–H and O–H groups in total. The lowest BCUT2D eigenvalue weighted by Crippen LogP contribution is -2.24. The molecule has 0 spiro atoms. The van der Waals surface area contributed by atoms with Crippen molar-refractivity contribution >= 4 is 34.8 Å². The van der Waals surface area contributed by atoms with Gasteiger partial charge in [0.25, 0.3) is 11.5 Å². The Hall–Kier alpha value is -3.78. The minimum Gasteiger partial charge on any atom is -0.272 e. The summed E-state index contributed by atoms with van der Waals surface area (Å²) < 4.78 is 1.53. The Morgan fingerprint density at radius 2 is 1.77 bits per heavy atom. The molecule has 0 atom stereocenters. The van der Waals surface area contributed by atoms with Crippen LogP contribution < -0.4 is 11.0 Å². The Morgan fingerprint density at radius 3 is 2.57 bits per heavy atom. The second kappa shape index (κ2) is 9.15. The number of hydrogen-bond acceptors (Lipinski definition) is 6.